The van der Waals surface area contributed by atoms with Crippen LogP contribution >= 0.6 is 0 Å². The Morgan fingerprint density at radius 1 is 1.18 bits per heavy atom. The highest BCUT2D eigenvalue weighted by Crippen LogP contribution is 2.33. The van der Waals surface area contributed by atoms with E-state index in [4.69, 9.17) is 9.72 Å². The van der Waals surface area contributed by atoms with Crippen molar-refractivity contribution in [2.45, 2.75) is 46.2 Å². The molecule has 3 aromatic rings. The minimum Gasteiger partial charge on any atom is -0.492 e. The minimum atomic E-state index is 0.0473. The number of fused-ring (bicyclic) bond motifs is 1. The largest absolute Gasteiger partial charge is 0.492 e. The molecular weight excluding hydrogens is 350 g/mol. The molecule has 2 aromatic carbocycles. The number of carbonyl (C=O) groups excluding carboxylic acids is 1. The van der Waals surface area contributed by atoms with E-state index in [-0.39, 0.29) is 11.9 Å². The third kappa shape index (κ3) is 3.61. The van der Waals surface area contributed by atoms with E-state index >= 15 is 0 Å². The number of imidazole rings is 1. The van der Waals surface area contributed by atoms with Gasteiger partial charge in [-0.1, -0.05) is 18.2 Å². The summed E-state index contributed by atoms with van der Waals surface area (Å²) in [7, 11) is 0. The second-order valence-electron chi connectivity index (χ2n) is 7.65. The van der Waals surface area contributed by atoms with E-state index in [0.717, 1.165) is 42.0 Å². The van der Waals surface area contributed by atoms with Crippen LogP contribution in [-0.2, 0) is 11.3 Å². The lowest BCUT2D eigenvalue weighted by Gasteiger charge is -2.24. The summed E-state index contributed by atoms with van der Waals surface area (Å²) in [6.07, 6.45) is 1.98. The standard InChI is InChI=1S/C23H27N3O2/c1-16-13-17(2)15-19(14-16)28-12-11-26-21-8-5-4-7-20(21)24-23(26)22-9-6-10-25(22)18(3)27/h4-5,7-8,13-15,22H,6,9-12H2,1-3H3/t22-/m1/s1. The Bertz CT molecular complexity index is 988. The fourth-order valence-electron chi connectivity index (χ4n) is 4.27. The molecule has 4 rings (SSSR count). The molecule has 0 saturated carbocycles. The minimum absolute atomic E-state index is 0.0473. The van der Waals surface area contributed by atoms with Crippen molar-refractivity contribution in [3.63, 3.8) is 0 Å². The maximum absolute atomic E-state index is 12.1. The van der Waals surface area contributed by atoms with Gasteiger partial charge in [0.1, 0.15) is 18.2 Å². The number of amides is 1. The van der Waals surface area contributed by atoms with Crippen LogP contribution in [0.3, 0.4) is 0 Å². The third-order valence-corrected chi connectivity index (χ3v) is 5.42. The number of nitrogens with zero attached hydrogens (tertiary/aromatic N) is 3. The van der Waals surface area contributed by atoms with Crippen LogP contribution in [0, 0.1) is 13.8 Å². The summed E-state index contributed by atoms with van der Waals surface area (Å²) in [6.45, 7) is 7.88. The highest BCUT2D eigenvalue weighted by molar-refractivity contribution is 5.77. The lowest BCUT2D eigenvalue weighted by Crippen LogP contribution is -2.30. The van der Waals surface area contributed by atoms with Gasteiger partial charge in [0.15, 0.2) is 0 Å². The van der Waals surface area contributed by atoms with Gasteiger partial charge in [-0.3, -0.25) is 4.79 Å². The third-order valence-electron chi connectivity index (χ3n) is 5.42. The summed E-state index contributed by atoms with van der Waals surface area (Å²) >= 11 is 0. The Hall–Kier alpha value is -2.82. The Morgan fingerprint density at radius 3 is 2.68 bits per heavy atom. The van der Waals surface area contributed by atoms with Crippen molar-refractivity contribution in [3.05, 3.63) is 59.4 Å². The SMILES string of the molecule is CC(=O)N1CCC[C@@H]1c1nc2ccccc2n1CCOc1cc(C)cc(C)c1. The summed E-state index contributed by atoms with van der Waals surface area (Å²) in [6, 6.07) is 14.5. The van der Waals surface area contributed by atoms with Crippen LogP contribution in [0.1, 0.15) is 42.8 Å². The molecule has 1 saturated heterocycles. The van der Waals surface area contributed by atoms with Crippen LogP contribution in [0.4, 0.5) is 0 Å². The van der Waals surface area contributed by atoms with Gasteiger partial charge in [0.05, 0.1) is 23.6 Å². The lowest BCUT2D eigenvalue weighted by atomic mass is 10.1. The van der Waals surface area contributed by atoms with Gasteiger partial charge in [-0.05, 0) is 62.1 Å². The molecule has 0 N–H and O–H groups in total. The zero-order valence-corrected chi connectivity index (χ0v) is 16.8. The van der Waals surface area contributed by atoms with Crippen molar-refractivity contribution < 1.29 is 9.53 Å². The molecule has 1 aliphatic rings. The summed E-state index contributed by atoms with van der Waals surface area (Å²) < 4.78 is 8.28. The molecule has 0 unspecified atom stereocenters. The first-order valence-corrected chi connectivity index (χ1v) is 9.96. The predicted molar refractivity (Wildman–Crippen MR) is 111 cm³/mol. The normalized spacial score (nSPS) is 16.7. The van der Waals surface area contributed by atoms with Crippen LogP contribution in [0.5, 0.6) is 5.75 Å². The zero-order chi connectivity index (χ0) is 19.7. The average molecular weight is 377 g/mol. The van der Waals surface area contributed by atoms with E-state index in [1.165, 1.54) is 11.1 Å². The molecule has 1 aromatic heterocycles. The van der Waals surface area contributed by atoms with Crippen molar-refractivity contribution in [3.8, 4) is 5.75 Å². The predicted octanol–water partition coefficient (Wildman–Crippen LogP) is 4.42. The van der Waals surface area contributed by atoms with Gasteiger partial charge < -0.3 is 14.2 Å². The van der Waals surface area contributed by atoms with E-state index < -0.39 is 0 Å². The first-order valence-electron chi connectivity index (χ1n) is 9.96. The van der Waals surface area contributed by atoms with Crippen LogP contribution in [-0.4, -0.2) is 33.5 Å². The molecular formula is C23H27N3O2. The molecule has 0 aliphatic carbocycles. The van der Waals surface area contributed by atoms with Gasteiger partial charge >= 0.3 is 0 Å². The van der Waals surface area contributed by atoms with Gasteiger partial charge in [-0.25, -0.2) is 4.98 Å². The van der Waals surface area contributed by atoms with Crippen molar-refractivity contribution in [2.75, 3.05) is 13.2 Å². The van der Waals surface area contributed by atoms with Crippen LogP contribution < -0.4 is 4.74 Å². The first kappa shape index (κ1) is 18.5. The first-order chi connectivity index (χ1) is 13.5. The number of rotatable bonds is 5. The molecule has 28 heavy (non-hydrogen) atoms. The number of hydrogen-bond donors (Lipinski definition) is 0. The fraction of sp³-hybridized carbons (Fsp3) is 0.391. The number of hydrogen-bond acceptors (Lipinski definition) is 3. The lowest BCUT2D eigenvalue weighted by molar-refractivity contribution is -0.129. The monoisotopic (exact) mass is 377 g/mol. The number of para-hydroxylation sites is 2. The Labute approximate surface area is 165 Å². The summed E-state index contributed by atoms with van der Waals surface area (Å²) in [5, 5.41) is 0. The van der Waals surface area contributed by atoms with Gasteiger partial charge in [0.2, 0.25) is 5.91 Å². The summed E-state index contributed by atoms with van der Waals surface area (Å²) in [5.41, 5.74) is 4.47. The molecule has 0 radical (unpaired) electrons. The van der Waals surface area contributed by atoms with Crippen molar-refractivity contribution >= 4 is 16.9 Å². The molecule has 1 atom stereocenters. The van der Waals surface area contributed by atoms with Crippen LogP contribution in [0.25, 0.3) is 11.0 Å². The van der Waals surface area contributed by atoms with Crippen molar-refractivity contribution in [1.82, 2.24) is 14.5 Å². The van der Waals surface area contributed by atoms with Gasteiger partial charge in [0.25, 0.3) is 0 Å². The second-order valence-corrected chi connectivity index (χ2v) is 7.65. The number of aromatic nitrogens is 2. The Kier molecular flexibility index (Phi) is 5.07. The van der Waals surface area contributed by atoms with Gasteiger partial charge in [-0.15, -0.1) is 0 Å². The maximum Gasteiger partial charge on any atom is 0.220 e. The average Bonchev–Trinajstić information content (AvgIpc) is 3.26. The van der Waals surface area contributed by atoms with E-state index in [2.05, 4.69) is 42.7 Å². The smallest absolute Gasteiger partial charge is 0.220 e. The van der Waals surface area contributed by atoms with E-state index in [1.807, 2.05) is 23.1 Å². The van der Waals surface area contributed by atoms with Gasteiger partial charge in [-0.2, -0.15) is 0 Å². The molecule has 0 bridgehead atoms. The molecule has 5 nitrogen and oxygen atoms in total. The molecule has 1 aliphatic heterocycles. The number of benzene rings is 2. The molecule has 2 heterocycles. The van der Waals surface area contributed by atoms with Gasteiger partial charge in [0, 0.05) is 13.5 Å². The highest BCUT2D eigenvalue weighted by atomic mass is 16.5. The molecule has 146 valence electrons. The highest BCUT2D eigenvalue weighted by Gasteiger charge is 2.32. The van der Waals surface area contributed by atoms with Crippen LogP contribution in [0.15, 0.2) is 42.5 Å². The topological polar surface area (TPSA) is 47.4 Å². The Morgan fingerprint density at radius 2 is 1.93 bits per heavy atom. The number of ether oxygens (including phenoxy) is 1. The number of aryl methyl sites for hydroxylation is 2. The fourth-order valence-corrected chi connectivity index (χ4v) is 4.27. The maximum atomic E-state index is 12.1. The number of likely N-dealkylation sites (tertiary alicyclic amines) is 1. The molecule has 5 heteroatoms. The van der Waals surface area contributed by atoms with Crippen LogP contribution in [0.2, 0.25) is 0 Å². The summed E-state index contributed by atoms with van der Waals surface area (Å²) in [5.74, 6) is 1.99. The summed E-state index contributed by atoms with van der Waals surface area (Å²) in [4.78, 5) is 18.9. The van der Waals surface area contributed by atoms with E-state index in [1.54, 1.807) is 6.92 Å². The second kappa shape index (κ2) is 7.66. The van der Waals surface area contributed by atoms with Crippen molar-refractivity contribution in [2.24, 2.45) is 0 Å². The molecule has 1 fully saturated rings. The quantitative estimate of drug-likeness (QED) is 0.661. The zero-order valence-electron chi connectivity index (χ0n) is 16.8. The van der Waals surface area contributed by atoms with E-state index in [9.17, 15) is 4.79 Å². The van der Waals surface area contributed by atoms with E-state index in [0.29, 0.717) is 13.2 Å². The Balaban J connectivity index is 1.61. The number of carbonyl (C=O) groups is 1. The molecule has 1 amide bonds. The molecule has 0 spiro atoms. The van der Waals surface area contributed by atoms with Crippen molar-refractivity contribution in [1.29, 1.82) is 0 Å².